The molecule has 0 N–H and O–H groups in total. The molecular formula is C9H7FO2. The van der Waals surface area contributed by atoms with Gasteiger partial charge in [0.25, 0.3) is 0 Å². The van der Waals surface area contributed by atoms with Gasteiger partial charge in [0.1, 0.15) is 5.58 Å². The quantitative estimate of drug-likeness (QED) is 0.560. The van der Waals surface area contributed by atoms with Crippen molar-refractivity contribution < 1.29 is 9.12 Å². The van der Waals surface area contributed by atoms with Crippen LogP contribution in [0.2, 0.25) is 0 Å². The summed E-state index contributed by atoms with van der Waals surface area (Å²) in [6.07, 6.45) is 0. The van der Waals surface area contributed by atoms with Crippen LogP contribution in [0, 0.1) is 0 Å². The highest BCUT2D eigenvalue weighted by Crippen LogP contribution is 2.08. The minimum absolute atomic E-state index is 0. The molecule has 1 aromatic carbocycles. The fourth-order valence-electron chi connectivity index (χ4n) is 1.01. The monoisotopic (exact) mass is 166 g/mol. The molecule has 0 saturated heterocycles. The number of hydrogen-bond donors (Lipinski definition) is 0. The van der Waals surface area contributed by atoms with Crippen molar-refractivity contribution in [3.8, 4) is 0 Å². The topological polar surface area (TPSA) is 30.2 Å². The van der Waals surface area contributed by atoms with Gasteiger partial charge in [-0.15, -0.1) is 0 Å². The second-order valence-electron chi connectivity index (χ2n) is 2.29. The van der Waals surface area contributed by atoms with E-state index in [0.717, 1.165) is 5.39 Å². The summed E-state index contributed by atoms with van der Waals surface area (Å²) in [6.45, 7) is 0. The second-order valence-corrected chi connectivity index (χ2v) is 2.29. The Kier molecular flexibility index (Phi) is 2.24. The molecule has 1 aromatic heterocycles. The van der Waals surface area contributed by atoms with Gasteiger partial charge in [-0.25, -0.2) is 4.79 Å². The molecule has 0 unspecified atom stereocenters. The van der Waals surface area contributed by atoms with E-state index in [1.165, 1.54) is 6.07 Å². The first-order chi connectivity index (χ1) is 5.36. The van der Waals surface area contributed by atoms with Crippen LogP contribution in [0.15, 0.2) is 45.6 Å². The number of rotatable bonds is 0. The summed E-state index contributed by atoms with van der Waals surface area (Å²) in [5, 5.41) is 0.951. The molecule has 0 aliphatic rings. The zero-order valence-electron chi connectivity index (χ0n) is 6.19. The van der Waals surface area contributed by atoms with Crippen LogP contribution < -0.4 is 5.63 Å². The molecule has 0 aliphatic carbocycles. The summed E-state index contributed by atoms with van der Waals surface area (Å²) in [5.41, 5.74) is 0.337. The molecule has 0 saturated carbocycles. The van der Waals surface area contributed by atoms with Gasteiger partial charge >= 0.3 is 5.63 Å². The lowest BCUT2D eigenvalue weighted by Gasteiger charge is -1.91. The van der Waals surface area contributed by atoms with Crippen molar-refractivity contribution in [2.24, 2.45) is 0 Å². The summed E-state index contributed by atoms with van der Waals surface area (Å²) in [4.78, 5) is 10.7. The molecule has 0 radical (unpaired) electrons. The zero-order valence-corrected chi connectivity index (χ0v) is 6.19. The van der Waals surface area contributed by atoms with Crippen molar-refractivity contribution in [1.82, 2.24) is 0 Å². The third kappa shape index (κ3) is 1.34. The molecule has 0 bridgehead atoms. The van der Waals surface area contributed by atoms with E-state index in [4.69, 9.17) is 4.42 Å². The molecule has 2 aromatic rings. The molecule has 2 nitrogen and oxygen atoms in total. The lowest BCUT2D eigenvalue weighted by Crippen LogP contribution is -1.93. The molecule has 0 amide bonds. The van der Waals surface area contributed by atoms with Crippen LogP contribution in [-0.2, 0) is 0 Å². The average Bonchev–Trinajstić information content (AvgIpc) is 2.04. The van der Waals surface area contributed by atoms with Gasteiger partial charge in [-0.05, 0) is 12.1 Å². The van der Waals surface area contributed by atoms with Gasteiger partial charge in [0.2, 0.25) is 0 Å². The van der Waals surface area contributed by atoms with Gasteiger partial charge < -0.3 is 4.42 Å². The van der Waals surface area contributed by atoms with Crippen molar-refractivity contribution in [3.05, 3.63) is 46.8 Å². The van der Waals surface area contributed by atoms with E-state index in [1.807, 2.05) is 18.2 Å². The van der Waals surface area contributed by atoms with E-state index in [2.05, 4.69) is 0 Å². The maximum absolute atomic E-state index is 10.7. The Bertz CT molecular complexity index is 433. The highest BCUT2D eigenvalue weighted by molar-refractivity contribution is 5.75. The van der Waals surface area contributed by atoms with E-state index in [-0.39, 0.29) is 10.3 Å². The Labute approximate surface area is 67.8 Å². The third-order valence-electron chi connectivity index (χ3n) is 1.53. The molecule has 3 heteroatoms. The fraction of sp³-hybridized carbons (Fsp3) is 0. The van der Waals surface area contributed by atoms with Crippen LogP contribution in [0.5, 0.6) is 0 Å². The fourth-order valence-corrected chi connectivity index (χ4v) is 1.01. The smallest absolute Gasteiger partial charge is 0.336 e. The number of halogens is 1. The SMILES string of the molecule is F.O=c1ccc2ccccc2o1. The standard InChI is InChI=1S/C9H6O2.FH/c10-9-6-5-7-3-1-2-4-8(7)11-9;/h1-6H;1H. The largest absolute Gasteiger partial charge is 0.423 e. The summed E-state index contributed by atoms with van der Waals surface area (Å²) >= 11 is 0. The molecule has 0 aliphatic heterocycles. The molecule has 62 valence electrons. The zero-order chi connectivity index (χ0) is 7.68. The highest BCUT2D eigenvalue weighted by atomic mass is 19.0. The van der Waals surface area contributed by atoms with Crippen LogP contribution in [0.25, 0.3) is 11.0 Å². The Morgan fingerprint density at radius 1 is 1.00 bits per heavy atom. The molecule has 0 spiro atoms. The summed E-state index contributed by atoms with van der Waals surface area (Å²) in [6, 6.07) is 10.6. The van der Waals surface area contributed by atoms with Gasteiger partial charge in [-0.1, -0.05) is 18.2 Å². The van der Waals surface area contributed by atoms with Gasteiger partial charge in [-0.2, -0.15) is 0 Å². The summed E-state index contributed by atoms with van der Waals surface area (Å²) in [7, 11) is 0. The van der Waals surface area contributed by atoms with Gasteiger partial charge in [0, 0.05) is 11.5 Å². The van der Waals surface area contributed by atoms with Crippen LogP contribution >= 0.6 is 0 Å². The molecule has 1 heterocycles. The Balaban J connectivity index is 0.000000720. The molecule has 0 atom stereocenters. The molecular weight excluding hydrogens is 159 g/mol. The van der Waals surface area contributed by atoms with Crippen LogP contribution in [0.1, 0.15) is 0 Å². The van der Waals surface area contributed by atoms with E-state index in [9.17, 15) is 4.79 Å². The van der Waals surface area contributed by atoms with Gasteiger partial charge in [0.15, 0.2) is 0 Å². The summed E-state index contributed by atoms with van der Waals surface area (Å²) in [5.74, 6) is 0. The van der Waals surface area contributed by atoms with E-state index < -0.39 is 0 Å². The molecule has 12 heavy (non-hydrogen) atoms. The Morgan fingerprint density at radius 2 is 1.75 bits per heavy atom. The number of fused-ring (bicyclic) bond motifs is 1. The molecule has 2 rings (SSSR count). The van der Waals surface area contributed by atoms with Crippen molar-refractivity contribution in [3.63, 3.8) is 0 Å². The predicted molar refractivity (Wildman–Crippen MR) is 45.0 cm³/mol. The highest BCUT2D eigenvalue weighted by Gasteiger charge is 1.92. The maximum atomic E-state index is 10.7. The second kappa shape index (κ2) is 3.17. The minimum Gasteiger partial charge on any atom is -0.423 e. The van der Waals surface area contributed by atoms with Crippen LogP contribution in [0.3, 0.4) is 0 Å². The van der Waals surface area contributed by atoms with E-state index in [1.54, 1.807) is 12.1 Å². The number of para-hydroxylation sites is 1. The lowest BCUT2D eigenvalue weighted by atomic mass is 10.2. The Morgan fingerprint density at radius 3 is 2.58 bits per heavy atom. The average molecular weight is 166 g/mol. The van der Waals surface area contributed by atoms with Crippen LogP contribution in [-0.4, -0.2) is 0 Å². The maximum Gasteiger partial charge on any atom is 0.336 e. The first-order valence-corrected chi connectivity index (χ1v) is 3.35. The van der Waals surface area contributed by atoms with Crippen molar-refractivity contribution in [1.29, 1.82) is 0 Å². The van der Waals surface area contributed by atoms with Gasteiger partial charge in [0.05, 0.1) is 0 Å². The van der Waals surface area contributed by atoms with E-state index >= 15 is 0 Å². The van der Waals surface area contributed by atoms with E-state index in [0.29, 0.717) is 5.58 Å². The number of benzene rings is 1. The predicted octanol–water partition coefficient (Wildman–Crippen LogP) is 1.95. The minimum atomic E-state index is -0.302. The van der Waals surface area contributed by atoms with Crippen molar-refractivity contribution in [2.75, 3.05) is 0 Å². The van der Waals surface area contributed by atoms with Crippen LogP contribution in [0.4, 0.5) is 4.70 Å². The first-order valence-electron chi connectivity index (χ1n) is 3.35. The lowest BCUT2D eigenvalue weighted by molar-refractivity contribution is 0.561. The Hall–Kier alpha value is -1.64. The van der Waals surface area contributed by atoms with Crippen molar-refractivity contribution in [2.45, 2.75) is 0 Å². The first kappa shape index (κ1) is 8.46. The van der Waals surface area contributed by atoms with Crippen molar-refractivity contribution >= 4 is 11.0 Å². The molecule has 0 fully saturated rings. The summed E-state index contributed by atoms with van der Waals surface area (Å²) < 4.78 is 4.91. The normalized spacial score (nSPS) is 9.33. The third-order valence-corrected chi connectivity index (χ3v) is 1.53. The number of hydrogen-bond acceptors (Lipinski definition) is 2. The van der Waals surface area contributed by atoms with Gasteiger partial charge in [-0.3, -0.25) is 4.70 Å².